The maximum Gasteiger partial charge on any atom is 0.280 e. The minimum absolute atomic E-state index is 0.0340. The van der Waals surface area contributed by atoms with Crippen molar-refractivity contribution >= 4 is 17.3 Å². The molecule has 0 aliphatic heterocycles. The smallest absolute Gasteiger partial charge is 0.280 e. The number of benzene rings is 2. The van der Waals surface area contributed by atoms with Crippen LogP contribution in [0.25, 0.3) is 5.69 Å². The van der Waals surface area contributed by atoms with Gasteiger partial charge in [-0.15, -0.1) is 0 Å². The number of nitrogens with two attached hydrogens (primary N) is 1. The standard InChI is InChI=1S/C23H27N5O2/c1-14(25-26-21(29)16-6-10-18(24)11-7-16)20-15(2)27-28(22(20)30)19-12-8-17(9-13-19)23(3,4)5/h6-13,27H,24H2,1-5H3,(H,26,29). The normalized spacial score (nSPS) is 12.1. The average molecular weight is 406 g/mol. The van der Waals surface area contributed by atoms with Gasteiger partial charge in [0, 0.05) is 16.9 Å². The Morgan fingerprint density at radius 2 is 1.67 bits per heavy atom. The molecule has 3 aromatic rings. The Balaban J connectivity index is 1.85. The molecule has 0 aliphatic carbocycles. The van der Waals surface area contributed by atoms with Crippen molar-refractivity contribution in [3.05, 3.63) is 81.3 Å². The van der Waals surface area contributed by atoms with Gasteiger partial charge in [0.15, 0.2) is 0 Å². The van der Waals surface area contributed by atoms with Gasteiger partial charge in [-0.2, -0.15) is 5.10 Å². The summed E-state index contributed by atoms with van der Waals surface area (Å²) >= 11 is 0. The van der Waals surface area contributed by atoms with Crippen molar-refractivity contribution < 1.29 is 4.79 Å². The van der Waals surface area contributed by atoms with E-state index in [1.54, 1.807) is 38.1 Å². The van der Waals surface area contributed by atoms with Gasteiger partial charge in [-0.05, 0) is 61.2 Å². The number of amides is 1. The molecule has 0 atom stereocenters. The maximum atomic E-state index is 13.0. The predicted octanol–water partition coefficient (Wildman–Crippen LogP) is 3.51. The Bertz CT molecular complexity index is 1140. The van der Waals surface area contributed by atoms with Crippen LogP contribution in [0, 0.1) is 6.92 Å². The molecule has 0 unspecified atom stereocenters. The molecule has 0 radical (unpaired) electrons. The zero-order valence-electron chi connectivity index (χ0n) is 17.9. The van der Waals surface area contributed by atoms with E-state index < -0.39 is 0 Å². The van der Waals surface area contributed by atoms with Gasteiger partial charge in [-0.25, -0.2) is 10.1 Å². The van der Waals surface area contributed by atoms with Crippen molar-refractivity contribution in [2.24, 2.45) is 5.10 Å². The average Bonchev–Trinajstić information content (AvgIpc) is 3.00. The van der Waals surface area contributed by atoms with Gasteiger partial charge < -0.3 is 5.73 Å². The molecule has 0 spiro atoms. The Hall–Kier alpha value is -3.61. The fraction of sp³-hybridized carbons (Fsp3) is 0.261. The van der Waals surface area contributed by atoms with Gasteiger partial charge in [-0.3, -0.25) is 14.7 Å². The summed E-state index contributed by atoms with van der Waals surface area (Å²) in [4.78, 5) is 25.2. The van der Waals surface area contributed by atoms with Gasteiger partial charge in [0.1, 0.15) is 0 Å². The summed E-state index contributed by atoms with van der Waals surface area (Å²) in [6, 6.07) is 14.4. The Kier molecular flexibility index (Phi) is 5.64. The zero-order chi connectivity index (χ0) is 22.1. The molecule has 0 saturated heterocycles. The van der Waals surface area contributed by atoms with Crippen LogP contribution >= 0.6 is 0 Å². The zero-order valence-corrected chi connectivity index (χ0v) is 17.9. The molecule has 0 aliphatic rings. The number of nitrogens with one attached hydrogen (secondary N) is 2. The summed E-state index contributed by atoms with van der Waals surface area (Å²) in [5.74, 6) is -0.374. The van der Waals surface area contributed by atoms with Crippen molar-refractivity contribution in [2.75, 3.05) is 5.73 Å². The summed E-state index contributed by atoms with van der Waals surface area (Å²) in [6.07, 6.45) is 0. The lowest BCUT2D eigenvalue weighted by Crippen LogP contribution is -2.23. The third-order valence-electron chi connectivity index (χ3n) is 4.92. The van der Waals surface area contributed by atoms with Crippen LogP contribution in [0.15, 0.2) is 58.4 Å². The third kappa shape index (κ3) is 4.35. The van der Waals surface area contributed by atoms with E-state index in [4.69, 9.17) is 5.73 Å². The number of hydrogen-bond donors (Lipinski definition) is 3. The molecule has 1 heterocycles. The molecule has 0 saturated carbocycles. The number of aromatic amines is 1. The summed E-state index contributed by atoms with van der Waals surface area (Å²) < 4.78 is 1.48. The van der Waals surface area contributed by atoms with Crippen LogP contribution in [0.4, 0.5) is 5.69 Å². The molecule has 2 aromatic carbocycles. The lowest BCUT2D eigenvalue weighted by atomic mass is 9.87. The van der Waals surface area contributed by atoms with Crippen molar-refractivity contribution in [3.8, 4) is 5.69 Å². The van der Waals surface area contributed by atoms with E-state index in [1.807, 2.05) is 24.3 Å². The lowest BCUT2D eigenvalue weighted by Gasteiger charge is -2.19. The Morgan fingerprint density at radius 1 is 1.07 bits per heavy atom. The SMILES string of the molecule is CC(=NNC(=O)c1ccc(N)cc1)c1c(C)[nH]n(-c2ccc(C(C)(C)C)cc2)c1=O. The van der Waals surface area contributed by atoms with E-state index in [-0.39, 0.29) is 16.9 Å². The maximum absolute atomic E-state index is 13.0. The van der Waals surface area contributed by atoms with Crippen LogP contribution in [0.3, 0.4) is 0 Å². The van der Waals surface area contributed by atoms with Gasteiger partial charge >= 0.3 is 0 Å². The minimum Gasteiger partial charge on any atom is -0.399 e. The highest BCUT2D eigenvalue weighted by Gasteiger charge is 2.17. The van der Waals surface area contributed by atoms with Crippen molar-refractivity contribution in [1.29, 1.82) is 0 Å². The number of carbonyl (C=O) groups excluding carboxylic acids is 1. The molecule has 3 rings (SSSR count). The molecule has 4 N–H and O–H groups in total. The van der Waals surface area contributed by atoms with Crippen LogP contribution < -0.4 is 16.7 Å². The third-order valence-corrected chi connectivity index (χ3v) is 4.92. The number of anilines is 1. The van der Waals surface area contributed by atoms with E-state index in [0.29, 0.717) is 28.2 Å². The van der Waals surface area contributed by atoms with Gasteiger partial charge in [-0.1, -0.05) is 32.9 Å². The summed E-state index contributed by atoms with van der Waals surface area (Å²) in [7, 11) is 0. The monoisotopic (exact) mass is 405 g/mol. The minimum atomic E-state index is -0.374. The number of aryl methyl sites for hydroxylation is 1. The second-order valence-electron chi connectivity index (χ2n) is 8.31. The fourth-order valence-electron chi connectivity index (χ4n) is 3.15. The van der Waals surface area contributed by atoms with E-state index in [2.05, 4.69) is 36.4 Å². The second-order valence-corrected chi connectivity index (χ2v) is 8.31. The number of rotatable bonds is 4. The molecule has 7 heteroatoms. The van der Waals surface area contributed by atoms with Gasteiger partial charge in [0.05, 0.1) is 17.0 Å². The Labute approximate surface area is 175 Å². The van der Waals surface area contributed by atoms with Crippen LogP contribution in [0.2, 0.25) is 0 Å². The van der Waals surface area contributed by atoms with Gasteiger partial charge in [0.2, 0.25) is 0 Å². The number of H-pyrrole nitrogens is 1. The predicted molar refractivity (Wildman–Crippen MR) is 120 cm³/mol. The second kappa shape index (κ2) is 8.02. The van der Waals surface area contributed by atoms with Gasteiger partial charge in [0.25, 0.3) is 11.5 Å². The highest BCUT2D eigenvalue weighted by Crippen LogP contribution is 2.23. The first-order chi connectivity index (χ1) is 14.1. The Morgan fingerprint density at radius 3 is 2.23 bits per heavy atom. The number of aromatic nitrogens is 2. The van der Waals surface area contributed by atoms with E-state index in [1.165, 1.54) is 10.2 Å². The van der Waals surface area contributed by atoms with E-state index >= 15 is 0 Å². The highest BCUT2D eigenvalue weighted by molar-refractivity contribution is 6.01. The van der Waals surface area contributed by atoms with Crippen molar-refractivity contribution in [3.63, 3.8) is 0 Å². The summed E-state index contributed by atoms with van der Waals surface area (Å²) in [6.45, 7) is 9.92. The molecular weight excluding hydrogens is 378 g/mol. The summed E-state index contributed by atoms with van der Waals surface area (Å²) in [5, 5.41) is 7.21. The number of nitrogens with zero attached hydrogens (tertiary/aromatic N) is 2. The quantitative estimate of drug-likeness (QED) is 0.351. The van der Waals surface area contributed by atoms with Crippen LogP contribution in [0.5, 0.6) is 0 Å². The highest BCUT2D eigenvalue weighted by atomic mass is 16.2. The number of nitrogen functional groups attached to an aromatic ring is 1. The molecule has 156 valence electrons. The van der Waals surface area contributed by atoms with E-state index in [0.717, 1.165) is 5.69 Å². The first kappa shape index (κ1) is 21.1. The first-order valence-electron chi connectivity index (χ1n) is 9.71. The topological polar surface area (TPSA) is 105 Å². The molecule has 30 heavy (non-hydrogen) atoms. The van der Waals surface area contributed by atoms with Crippen LogP contribution in [-0.4, -0.2) is 21.4 Å². The van der Waals surface area contributed by atoms with Crippen LogP contribution in [0.1, 0.15) is 54.9 Å². The summed E-state index contributed by atoms with van der Waals surface area (Å²) in [5.41, 5.74) is 12.4. The number of carbonyl (C=O) groups is 1. The van der Waals surface area contributed by atoms with Crippen molar-refractivity contribution in [1.82, 2.24) is 15.2 Å². The molecule has 0 bridgehead atoms. The van der Waals surface area contributed by atoms with E-state index in [9.17, 15) is 9.59 Å². The largest absolute Gasteiger partial charge is 0.399 e. The molecule has 7 nitrogen and oxygen atoms in total. The fourth-order valence-corrected chi connectivity index (χ4v) is 3.15. The number of hydrazone groups is 1. The van der Waals surface area contributed by atoms with Crippen molar-refractivity contribution in [2.45, 2.75) is 40.0 Å². The molecule has 1 aromatic heterocycles. The first-order valence-corrected chi connectivity index (χ1v) is 9.71. The molecule has 0 fully saturated rings. The number of hydrogen-bond acceptors (Lipinski definition) is 4. The molecular formula is C23H27N5O2. The lowest BCUT2D eigenvalue weighted by molar-refractivity contribution is 0.0955. The van der Waals surface area contributed by atoms with Crippen LogP contribution in [-0.2, 0) is 5.41 Å². The molecule has 1 amide bonds.